The summed E-state index contributed by atoms with van der Waals surface area (Å²) in [7, 11) is 0. The zero-order valence-corrected chi connectivity index (χ0v) is 11.6. The van der Waals surface area contributed by atoms with Crippen molar-refractivity contribution in [2.75, 3.05) is 5.73 Å². The van der Waals surface area contributed by atoms with Crippen LogP contribution in [0, 0.1) is 5.82 Å². The van der Waals surface area contributed by atoms with E-state index in [1.54, 1.807) is 6.20 Å². The second-order valence-corrected chi connectivity index (χ2v) is 5.00. The Hall–Kier alpha value is -1.90. The number of nitrogens with two attached hydrogens (primary N) is 1. The van der Waals surface area contributed by atoms with Crippen molar-refractivity contribution in [3.8, 4) is 11.1 Å². The van der Waals surface area contributed by atoms with E-state index in [4.69, 9.17) is 5.73 Å². The van der Waals surface area contributed by atoms with E-state index >= 15 is 0 Å². The number of aromatic nitrogens is 1. The van der Waals surface area contributed by atoms with Gasteiger partial charge >= 0.3 is 0 Å². The number of anilines is 1. The van der Waals surface area contributed by atoms with Crippen LogP contribution < -0.4 is 5.73 Å². The molecule has 0 atom stereocenters. The van der Waals surface area contributed by atoms with Crippen molar-refractivity contribution >= 4 is 5.69 Å². The molecule has 0 aliphatic rings. The molecule has 0 radical (unpaired) electrons. The molecule has 1 aromatic heterocycles. The average molecular weight is 258 g/mol. The molecule has 2 nitrogen and oxygen atoms in total. The van der Waals surface area contributed by atoms with E-state index in [2.05, 4.69) is 4.98 Å². The second-order valence-electron chi connectivity index (χ2n) is 5.00. The highest BCUT2D eigenvalue weighted by Gasteiger charge is 2.13. The summed E-state index contributed by atoms with van der Waals surface area (Å²) in [6, 6.07) is 6.85. The first-order valence-electron chi connectivity index (χ1n) is 6.57. The molecule has 100 valence electrons. The van der Waals surface area contributed by atoms with E-state index in [9.17, 15) is 4.39 Å². The van der Waals surface area contributed by atoms with Crippen molar-refractivity contribution in [3.63, 3.8) is 0 Å². The Morgan fingerprint density at radius 3 is 2.63 bits per heavy atom. The Bertz CT molecular complexity index is 591. The van der Waals surface area contributed by atoms with Gasteiger partial charge in [-0.3, -0.25) is 4.98 Å². The van der Waals surface area contributed by atoms with E-state index in [1.807, 2.05) is 32.9 Å². The number of aryl methyl sites for hydroxylation is 1. The van der Waals surface area contributed by atoms with Crippen molar-refractivity contribution < 1.29 is 4.39 Å². The molecule has 0 unspecified atom stereocenters. The number of pyridine rings is 1. The first-order valence-corrected chi connectivity index (χ1v) is 6.57. The van der Waals surface area contributed by atoms with Gasteiger partial charge in [0.15, 0.2) is 0 Å². The van der Waals surface area contributed by atoms with Crippen LogP contribution >= 0.6 is 0 Å². The number of halogens is 1. The molecule has 0 aliphatic carbocycles. The van der Waals surface area contributed by atoms with Gasteiger partial charge in [-0.25, -0.2) is 4.39 Å². The summed E-state index contributed by atoms with van der Waals surface area (Å²) in [4.78, 5) is 4.26. The molecule has 2 rings (SSSR count). The van der Waals surface area contributed by atoms with Crippen LogP contribution in [0.1, 0.15) is 37.9 Å². The van der Waals surface area contributed by atoms with Gasteiger partial charge in [-0.15, -0.1) is 0 Å². The molecule has 0 aliphatic heterocycles. The number of rotatable bonds is 3. The van der Waals surface area contributed by atoms with Gasteiger partial charge in [0.1, 0.15) is 5.82 Å². The van der Waals surface area contributed by atoms with Crippen molar-refractivity contribution in [1.29, 1.82) is 0 Å². The lowest BCUT2D eigenvalue weighted by Gasteiger charge is -2.14. The summed E-state index contributed by atoms with van der Waals surface area (Å²) < 4.78 is 13.8. The molecular weight excluding hydrogens is 239 g/mol. The smallest absolute Gasteiger partial charge is 0.124 e. The Kier molecular flexibility index (Phi) is 3.84. The minimum absolute atomic E-state index is 0.196. The minimum Gasteiger partial charge on any atom is -0.398 e. The Morgan fingerprint density at radius 1 is 1.26 bits per heavy atom. The Labute approximate surface area is 113 Å². The fraction of sp³-hybridized carbons (Fsp3) is 0.312. The van der Waals surface area contributed by atoms with Crippen LogP contribution in [0.15, 0.2) is 30.5 Å². The zero-order valence-electron chi connectivity index (χ0n) is 11.6. The van der Waals surface area contributed by atoms with E-state index in [1.165, 1.54) is 12.1 Å². The van der Waals surface area contributed by atoms with Gasteiger partial charge in [-0.2, -0.15) is 0 Å². The molecule has 3 heteroatoms. The topological polar surface area (TPSA) is 38.9 Å². The monoisotopic (exact) mass is 258 g/mol. The predicted molar refractivity (Wildman–Crippen MR) is 77.5 cm³/mol. The van der Waals surface area contributed by atoms with Gasteiger partial charge < -0.3 is 5.73 Å². The molecule has 0 fully saturated rings. The zero-order chi connectivity index (χ0) is 14.0. The molecule has 1 aromatic carbocycles. The fourth-order valence-electron chi connectivity index (χ4n) is 2.19. The van der Waals surface area contributed by atoms with E-state index in [0.717, 1.165) is 28.8 Å². The maximum atomic E-state index is 13.8. The Balaban J connectivity index is 2.61. The van der Waals surface area contributed by atoms with Gasteiger partial charge in [-0.1, -0.05) is 20.8 Å². The molecule has 19 heavy (non-hydrogen) atoms. The van der Waals surface area contributed by atoms with Crippen LogP contribution in [0.25, 0.3) is 11.1 Å². The maximum absolute atomic E-state index is 13.8. The molecule has 2 aromatic rings. The van der Waals surface area contributed by atoms with Crippen molar-refractivity contribution in [2.45, 2.75) is 33.1 Å². The third-order valence-electron chi connectivity index (χ3n) is 3.29. The standard InChI is InChI=1S/C16H19FN2/c1-4-13-7-11(5-6-19-13)15-9-12(17)8-14(10(2)3)16(15)18/h5-10H,4,18H2,1-3H3. The van der Waals surface area contributed by atoms with Crippen molar-refractivity contribution in [2.24, 2.45) is 0 Å². The van der Waals surface area contributed by atoms with Gasteiger partial charge in [0.2, 0.25) is 0 Å². The van der Waals surface area contributed by atoms with Gasteiger partial charge in [0, 0.05) is 23.1 Å². The lowest BCUT2D eigenvalue weighted by molar-refractivity contribution is 0.624. The third kappa shape index (κ3) is 2.75. The van der Waals surface area contributed by atoms with E-state index < -0.39 is 0 Å². The molecule has 0 amide bonds. The molecule has 0 saturated carbocycles. The quantitative estimate of drug-likeness (QED) is 0.840. The third-order valence-corrected chi connectivity index (χ3v) is 3.29. The van der Waals surface area contributed by atoms with Gasteiger partial charge in [0.05, 0.1) is 0 Å². The second kappa shape index (κ2) is 5.39. The molecular formula is C16H19FN2. The van der Waals surface area contributed by atoms with Crippen LogP contribution in [0.3, 0.4) is 0 Å². The summed E-state index contributed by atoms with van der Waals surface area (Å²) in [6.07, 6.45) is 2.59. The highest BCUT2D eigenvalue weighted by Crippen LogP contribution is 2.33. The van der Waals surface area contributed by atoms with Gasteiger partial charge in [0.25, 0.3) is 0 Å². The first-order chi connectivity index (χ1) is 9.02. The van der Waals surface area contributed by atoms with Crippen molar-refractivity contribution in [1.82, 2.24) is 4.98 Å². The minimum atomic E-state index is -0.247. The van der Waals surface area contributed by atoms with E-state index in [0.29, 0.717) is 5.69 Å². The molecule has 1 heterocycles. The van der Waals surface area contributed by atoms with Crippen LogP contribution in [-0.4, -0.2) is 4.98 Å². The number of hydrogen-bond donors (Lipinski definition) is 1. The van der Waals surface area contributed by atoms with Crippen LogP contribution in [0.5, 0.6) is 0 Å². The van der Waals surface area contributed by atoms with Crippen LogP contribution in [0.4, 0.5) is 10.1 Å². The summed E-state index contributed by atoms with van der Waals surface area (Å²) in [5, 5.41) is 0. The normalized spacial score (nSPS) is 11.0. The fourth-order valence-corrected chi connectivity index (χ4v) is 2.19. The summed E-state index contributed by atoms with van der Waals surface area (Å²) >= 11 is 0. The highest BCUT2D eigenvalue weighted by atomic mass is 19.1. The average Bonchev–Trinajstić information content (AvgIpc) is 2.40. The number of hydrogen-bond acceptors (Lipinski definition) is 2. The lowest BCUT2D eigenvalue weighted by atomic mass is 9.94. The largest absolute Gasteiger partial charge is 0.398 e. The summed E-state index contributed by atoms with van der Waals surface area (Å²) in [5.41, 5.74) is 10.4. The van der Waals surface area contributed by atoms with Crippen LogP contribution in [-0.2, 0) is 6.42 Å². The molecule has 0 saturated heterocycles. The lowest BCUT2D eigenvalue weighted by Crippen LogP contribution is -2.01. The van der Waals surface area contributed by atoms with Crippen molar-refractivity contribution in [3.05, 3.63) is 47.5 Å². The Morgan fingerprint density at radius 2 is 2.00 bits per heavy atom. The maximum Gasteiger partial charge on any atom is 0.124 e. The number of nitrogens with zero attached hydrogens (tertiary/aromatic N) is 1. The molecule has 2 N–H and O–H groups in total. The SMILES string of the molecule is CCc1cc(-c2cc(F)cc(C(C)C)c2N)ccn1. The predicted octanol–water partition coefficient (Wildman–Crippen LogP) is 4.16. The van der Waals surface area contributed by atoms with Gasteiger partial charge in [-0.05, 0) is 47.7 Å². The molecule has 0 spiro atoms. The number of nitrogen functional groups attached to an aromatic ring is 1. The summed E-state index contributed by atoms with van der Waals surface area (Å²) in [5.74, 6) is -0.0512. The molecule has 0 bridgehead atoms. The highest BCUT2D eigenvalue weighted by molar-refractivity contribution is 5.79. The summed E-state index contributed by atoms with van der Waals surface area (Å²) in [6.45, 7) is 6.07. The van der Waals surface area contributed by atoms with Crippen LogP contribution in [0.2, 0.25) is 0 Å². The number of benzene rings is 1. The van der Waals surface area contributed by atoms with E-state index in [-0.39, 0.29) is 11.7 Å². The first kappa shape index (κ1) is 13.5.